The number of urea groups is 1. The van der Waals surface area contributed by atoms with E-state index in [0.717, 1.165) is 31.2 Å². The molecule has 1 aromatic rings. The standard InChI is InChI=1S/C17H23Cl2N3O2/c1-11(14-8-7-12(18)9-15(14)19)20-10-16(23)22-17(24)21-13-5-3-2-4-6-13/h7-9,11,13,20H,2-6,10H2,1H3,(H2,21,22,23,24)/t11-/m1/s1. The molecular weight excluding hydrogens is 349 g/mol. The van der Waals surface area contributed by atoms with E-state index in [-0.39, 0.29) is 24.5 Å². The summed E-state index contributed by atoms with van der Waals surface area (Å²) in [5.41, 5.74) is 0.848. The number of hydrogen-bond acceptors (Lipinski definition) is 3. The monoisotopic (exact) mass is 371 g/mol. The molecule has 0 unspecified atom stereocenters. The van der Waals surface area contributed by atoms with Crippen molar-refractivity contribution in [3.05, 3.63) is 33.8 Å². The summed E-state index contributed by atoms with van der Waals surface area (Å²) in [6, 6.07) is 4.84. The molecule has 0 aromatic heterocycles. The van der Waals surface area contributed by atoms with Gasteiger partial charge in [0.15, 0.2) is 0 Å². The molecule has 3 amide bonds. The molecule has 132 valence electrons. The Labute approximate surface area is 152 Å². The number of carbonyl (C=O) groups is 2. The quantitative estimate of drug-likeness (QED) is 0.736. The van der Waals surface area contributed by atoms with Crippen LogP contribution in [0.5, 0.6) is 0 Å². The lowest BCUT2D eigenvalue weighted by Crippen LogP contribution is -2.47. The van der Waals surface area contributed by atoms with Gasteiger partial charge in [-0.25, -0.2) is 4.79 Å². The van der Waals surface area contributed by atoms with Crippen molar-refractivity contribution in [3.63, 3.8) is 0 Å². The number of halogens is 2. The van der Waals surface area contributed by atoms with Crippen molar-refractivity contribution in [1.82, 2.24) is 16.0 Å². The van der Waals surface area contributed by atoms with Crippen molar-refractivity contribution in [2.75, 3.05) is 6.54 Å². The van der Waals surface area contributed by atoms with E-state index in [0.29, 0.717) is 10.0 Å². The first-order valence-electron chi connectivity index (χ1n) is 8.24. The molecule has 1 aliphatic rings. The number of benzene rings is 1. The van der Waals surface area contributed by atoms with E-state index in [9.17, 15) is 9.59 Å². The van der Waals surface area contributed by atoms with Gasteiger partial charge >= 0.3 is 6.03 Å². The van der Waals surface area contributed by atoms with E-state index in [4.69, 9.17) is 23.2 Å². The summed E-state index contributed by atoms with van der Waals surface area (Å²) in [5, 5.41) is 9.35. The van der Waals surface area contributed by atoms with Crippen molar-refractivity contribution in [2.24, 2.45) is 0 Å². The Morgan fingerprint density at radius 1 is 1.21 bits per heavy atom. The minimum atomic E-state index is -0.425. The molecule has 0 heterocycles. The third kappa shape index (κ3) is 5.96. The maximum Gasteiger partial charge on any atom is 0.321 e. The largest absolute Gasteiger partial charge is 0.335 e. The van der Waals surface area contributed by atoms with Crippen LogP contribution in [0.2, 0.25) is 10.0 Å². The van der Waals surface area contributed by atoms with Gasteiger partial charge in [0.05, 0.1) is 6.54 Å². The summed E-state index contributed by atoms with van der Waals surface area (Å²) in [7, 11) is 0. The van der Waals surface area contributed by atoms with Crippen LogP contribution in [0.3, 0.4) is 0 Å². The van der Waals surface area contributed by atoms with E-state index in [1.807, 2.05) is 13.0 Å². The Morgan fingerprint density at radius 2 is 1.92 bits per heavy atom. The lowest BCUT2D eigenvalue weighted by Gasteiger charge is -2.22. The normalized spacial score (nSPS) is 16.5. The summed E-state index contributed by atoms with van der Waals surface area (Å²) in [4.78, 5) is 23.7. The van der Waals surface area contributed by atoms with Crippen LogP contribution in [0, 0.1) is 0 Å². The van der Waals surface area contributed by atoms with E-state index < -0.39 is 6.03 Å². The zero-order chi connectivity index (χ0) is 17.5. The Hall–Kier alpha value is -1.30. The lowest BCUT2D eigenvalue weighted by molar-refractivity contribution is -0.119. The Kier molecular flexibility index (Phi) is 7.34. The molecule has 0 bridgehead atoms. The Bertz CT molecular complexity index is 589. The maximum absolute atomic E-state index is 11.9. The highest BCUT2D eigenvalue weighted by atomic mass is 35.5. The van der Waals surface area contributed by atoms with E-state index in [2.05, 4.69) is 16.0 Å². The molecule has 24 heavy (non-hydrogen) atoms. The number of hydrogen-bond donors (Lipinski definition) is 3. The third-order valence-corrected chi connectivity index (χ3v) is 4.75. The van der Waals surface area contributed by atoms with Gasteiger partial charge in [-0.05, 0) is 37.5 Å². The Morgan fingerprint density at radius 3 is 2.58 bits per heavy atom. The van der Waals surface area contributed by atoms with Crippen LogP contribution in [0.1, 0.15) is 50.6 Å². The predicted octanol–water partition coefficient (Wildman–Crippen LogP) is 3.80. The molecular formula is C17H23Cl2N3O2. The fraction of sp³-hybridized carbons (Fsp3) is 0.529. The molecule has 1 aromatic carbocycles. The second-order valence-electron chi connectivity index (χ2n) is 6.12. The first-order valence-corrected chi connectivity index (χ1v) is 9.00. The van der Waals surface area contributed by atoms with Crippen LogP contribution >= 0.6 is 23.2 Å². The number of amides is 3. The summed E-state index contributed by atoms with van der Waals surface area (Å²) in [5.74, 6) is -0.375. The van der Waals surface area contributed by atoms with Crippen molar-refractivity contribution in [1.29, 1.82) is 0 Å². The SMILES string of the molecule is C[C@@H](NCC(=O)NC(=O)NC1CCCCC1)c1ccc(Cl)cc1Cl. The van der Waals surface area contributed by atoms with Crippen LogP contribution in [-0.4, -0.2) is 24.5 Å². The smallest absolute Gasteiger partial charge is 0.321 e. The number of nitrogens with one attached hydrogen (secondary N) is 3. The summed E-state index contributed by atoms with van der Waals surface area (Å²) >= 11 is 12.0. The Balaban J connectivity index is 1.74. The molecule has 1 saturated carbocycles. The molecule has 1 fully saturated rings. The number of rotatable bonds is 5. The van der Waals surface area contributed by atoms with Gasteiger partial charge in [-0.1, -0.05) is 48.5 Å². The second kappa shape index (κ2) is 9.25. The van der Waals surface area contributed by atoms with E-state index >= 15 is 0 Å². The average molecular weight is 372 g/mol. The predicted molar refractivity (Wildman–Crippen MR) is 96.4 cm³/mol. The van der Waals surface area contributed by atoms with Gasteiger partial charge in [-0.15, -0.1) is 0 Å². The van der Waals surface area contributed by atoms with Gasteiger partial charge in [-0.3, -0.25) is 10.1 Å². The van der Waals surface area contributed by atoms with Crippen LogP contribution < -0.4 is 16.0 Å². The summed E-state index contributed by atoms with van der Waals surface area (Å²) < 4.78 is 0. The summed E-state index contributed by atoms with van der Waals surface area (Å²) in [6.07, 6.45) is 5.42. The van der Waals surface area contributed by atoms with Gasteiger partial charge in [0, 0.05) is 22.1 Å². The number of imide groups is 1. The van der Waals surface area contributed by atoms with Crippen molar-refractivity contribution in [3.8, 4) is 0 Å². The zero-order valence-electron chi connectivity index (χ0n) is 13.7. The first-order chi connectivity index (χ1) is 11.5. The molecule has 1 atom stereocenters. The molecule has 3 N–H and O–H groups in total. The van der Waals surface area contributed by atoms with Gasteiger partial charge in [0.1, 0.15) is 0 Å². The molecule has 0 aliphatic heterocycles. The number of carbonyl (C=O) groups excluding carboxylic acids is 2. The van der Waals surface area contributed by atoms with Crippen molar-refractivity contribution < 1.29 is 9.59 Å². The van der Waals surface area contributed by atoms with Crippen LogP contribution in [0.4, 0.5) is 4.79 Å². The van der Waals surface area contributed by atoms with Crippen LogP contribution in [0.25, 0.3) is 0 Å². The molecule has 0 radical (unpaired) electrons. The van der Waals surface area contributed by atoms with Gasteiger partial charge in [0.25, 0.3) is 0 Å². The minimum Gasteiger partial charge on any atom is -0.335 e. The molecule has 7 heteroatoms. The van der Waals surface area contributed by atoms with E-state index in [1.54, 1.807) is 12.1 Å². The highest BCUT2D eigenvalue weighted by molar-refractivity contribution is 6.35. The first kappa shape index (κ1) is 19.0. The minimum absolute atomic E-state index is 0.0260. The van der Waals surface area contributed by atoms with Crippen LogP contribution in [-0.2, 0) is 4.79 Å². The van der Waals surface area contributed by atoms with Gasteiger partial charge in [-0.2, -0.15) is 0 Å². The van der Waals surface area contributed by atoms with Crippen molar-refractivity contribution in [2.45, 2.75) is 51.1 Å². The fourth-order valence-electron chi connectivity index (χ4n) is 2.85. The highest BCUT2D eigenvalue weighted by Crippen LogP contribution is 2.25. The lowest BCUT2D eigenvalue weighted by atomic mass is 9.96. The molecule has 2 rings (SSSR count). The van der Waals surface area contributed by atoms with Crippen molar-refractivity contribution >= 4 is 35.1 Å². The molecule has 0 saturated heterocycles. The molecule has 0 spiro atoms. The topological polar surface area (TPSA) is 70.2 Å². The van der Waals surface area contributed by atoms with Gasteiger partial charge < -0.3 is 10.6 Å². The second-order valence-corrected chi connectivity index (χ2v) is 6.97. The fourth-order valence-corrected chi connectivity index (χ4v) is 3.42. The highest BCUT2D eigenvalue weighted by Gasteiger charge is 2.17. The molecule has 5 nitrogen and oxygen atoms in total. The summed E-state index contributed by atoms with van der Waals surface area (Å²) in [6.45, 7) is 1.92. The molecule has 1 aliphatic carbocycles. The van der Waals surface area contributed by atoms with Crippen LogP contribution in [0.15, 0.2) is 18.2 Å². The maximum atomic E-state index is 11.9. The van der Waals surface area contributed by atoms with E-state index in [1.165, 1.54) is 6.42 Å². The van der Waals surface area contributed by atoms with Gasteiger partial charge in [0.2, 0.25) is 5.91 Å². The third-order valence-electron chi connectivity index (χ3n) is 4.19. The zero-order valence-corrected chi connectivity index (χ0v) is 15.2. The average Bonchev–Trinajstić information content (AvgIpc) is 2.53.